The third-order valence-electron chi connectivity index (χ3n) is 2.72. The molecule has 0 bridgehead atoms. The Morgan fingerprint density at radius 2 is 2.27 bits per heavy atom. The van der Waals surface area contributed by atoms with E-state index < -0.39 is 5.97 Å². The van der Waals surface area contributed by atoms with Gasteiger partial charge in [0.25, 0.3) is 0 Å². The topological polar surface area (TPSA) is 66.8 Å². The summed E-state index contributed by atoms with van der Waals surface area (Å²) in [5.41, 5.74) is 0.864. The lowest BCUT2D eigenvalue weighted by atomic mass is 10.1. The molecule has 4 heteroatoms. The van der Waals surface area contributed by atoms with Gasteiger partial charge in [-0.1, -0.05) is 6.07 Å². The van der Waals surface area contributed by atoms with Gasteiger partial charge < -0.3 is 14.9 Å². The molecule has 4 nitrogen and oxygen atoms in total. The Morgan fingerprint density at radius 1 is 1.53 bits per heavy atom. The molecule has 2 rings (SSSR count). The van der Waals surface area contributed by atoms with Gasteiger partial charge in [0.15, 0.2) is 0 Å². The molecule has 1 fully saturated rings. The summed E-state index contributed by atoms with van der Waals surface area (Å²) in [5.74, 6) is -0.358. The fourth-order valence-electron chi connectivity index (χ4n) is 1.82. The average Bonchev–Trinajstić information content (AvgIpc) is 2.97. The zero-order chi connectivity index (χ0) is 11.0. The Labute approximate surface area is 87.1 Å². The van der Waals surface area contributed by atoms with Crippen LogP contribution in [0.4, 0.5) is 0 Å². The second kappa shape index (κ2) is 3.46. The van der Waals surface area contributed by atoms with Gasteiger partial charge in [0.05, 0.1) is 13.0 Å². The Morgan fingerprint density at radius 3 is 2.80 bits per heavy atom. The first-order valence-electron chi connectivity index (χ1n) is 4.73. The first-order chi connectivity index (χ1) is 7.13. The van der Waals surface area contributed by atoms with Gasteiger partial charge in [0, 0.05) is 12.0 Å². The van der Waals surface area contributed by atoms with E-state index in [0.717, 1.165) is 5.56 Å². The lowest BCUT2D eigenvalue weighted by molar-refractivity contribution is -0.138. The monoisotopic (exact) mass is 208 g/mol. The number of benzene rings is 1. The van der Waals surface area contributed by atoms with E-state index in [-0.39, 0.29) is 17.6 Å². The van der Waals surface area contributed by atoms with Crippen molar-refractivity contribution in [2.45, 2.75) is 12.3 Å². The number of aliphatic carboxylic acids is 1. The maximum atomic E-state index is 10.7. The van der Waals surface area contributed by atoms with E-state index in [9.17, 15) is 9.90 Å². The predicted molar refractivity (Wildman–Crippen MR) is 53.1 cm³/mol. The SMILES string of the molecule is COc1cc(O)ccc1C1CC1C(=O)O. The minimum atomic E-state index is -0.768. The quantitative estimate of drug-likeness (QED) is 0.791. The Bertz CT molecular complexity index is 400. The predicted octanol–water partition coefficient (Wildman–Crippen LogP) is 1.59. The van der Waals surface area contributed by atoms with E-state index >= 15 is 0 Å². The molecule has 0 radical (unpaired) electrons. The molecular weight excluding hydrogens is 196 g/mol. The molecule has 1 saturated carbocycles. The molecule has 1 aliphatic carbocycles. The summed E-state index contributed by atoms with van der Waals surface area (Å²) in [4.78, 5) is 10.7. The molecule has 2 N–H and O–H groups in total. The van der Waals surface area contributed by atoms with Crippen molar-refractivity contribution in [3.05, 3.63) is 23.8 Å². The van der Waals surface area contributed by atoms with Crippen LogP contribution in [0.1, 0.15) is 17.9 Å². The van der Waals surface area contributed by atoms with Crippen LogP contribution >= 0.6 is 0 Å². The van der Waals surface area contributed by atoms with Crippen LogP contribution in [0.15, 0.2) is 18.2 Å². The molecule has 0 aromatic heterocycles. The molecule has 0 spiro atoms. The lowest BCUT2D eigenvalue weighted by Crippen LogP contribution is -2.00. The summed E-state index contributed by atoms with van der Waals surface area (Å²) >= 11 is 0. The third kappa shape index (κ3) is 1.75. The normalized spacial score (nSPS) is 23.5. The Kier molecular flexibility index (Phi) is 2.26. The van der Waals surface area contributed by atoms with Crippen LogP contribution in [0, 0.1) is 5.92 Å². The molecule has 1 aromatic carbocycles. The fraction of sp³-hybridized carbons (Fsp3) is 0.364. The average molecular weight is 208 g/mol. The molecule has 0 aliphatic heterocycles. The molecule has 80 valence electrons. The first-order valence-corrected chi connectivity index (χ1v) is 4.73. The molecule has 15 heavy (non-hydrogen) atoms. The van der Waals surface area contributed by atoms with E-state index in [4.69, 9.17) is 9.84 Å². The van der Waals surface area contributed by atoms with Crippen LogP contribution in [-0.4, -0.2) is 23.3 Å². The van der Waals surface area contributed by atoms with E-state index in [1.165, 1.54) is 13.2 Å². The number of carboxylic acid groups (broad SMARTS) is 1. The zero-order valence-electron chi connectivity index (χ0n) is 8.30. The van der Waals surface area contributed by atoms with Crippen molar-refractivity contribution in [2.24, 2.45) is 5.92 Å². The van der Waals surface area contributed by atoms with Crippen molar-refractivity contribution < 1.29 is 19.7 Å². The summed E-state index contributed by atoms with van der Waals surface area (Å²) in [6.45, 7) is 0. The summed E-state index contributed by atoms with van der Waals surface area (Å²) in [6.07, 6.45) is 0.649. The number of methoxy groups -OCH3 is 1. The van der Waals surface area contributed by atoms with Gasteiger partial charge in [-0.05, 0) is 18.1 Å². The van der Waals surface area contributed by atoms with Gasteiger partial charge in [0.1, 0.15) is 11.5 Å². The van der Waals surface area contributed by atoms with E-state index in [1.807, 2.05) is 0 Å². The van der Waals surface area contributed by atoms with E-state index in [1.54, 1.807) is 12.1 Å². The summed E-state index contributed by atoms with van der Waals surface area (Å²) in [6, 6.07) is 4.78. The maximum absolute atomic E-state index is 10.7. The second-order valence-electron chi connectivity index (χ2n) is 3.71. The molecule has 2 atom stereocenters. The van der Waals surface area contributed by atoms with Crippen molar-refractivity contribution in [1.82, 2.24) is 0 Å². The highest BCUT2D eigenvalue weighted by atomic mass is 16.5. The highest BCUT2D eigenvalue weighted by Crippen LogP contribution is 2.50. The third-order valence-corrected chi connectivity index (χ3v) is 2.72. The molecule has 1 aliphatic rings. The number of carboxylic acids is 1. The number of phenols is 1. The van der Waals surface area contributed by atoms with E-state index in [0.29, 0.717) is 12.2 Å². The van der Waals surface area contributed by atoms with Gasteiger partial charge in [-0.15, -0.1) is 0 Å². The summed E-state index contributed by atoms with van der Waals surface area (Å²) in [7, 11) is 1.51. The van der Waals surface area contributed by atoms with E-state index in [2.05, 4.69) is 0 Å². The number of phenolic OH excluding ortho intramolecular Hbond substituents is 1. The molecular formula is C11H12O4. The van der Waals surface area contributed by atoms with Crippen LogP contribution in [0.5, 0.6) is 11.5 Å². The van der Waals surface area contributed by atoms with Crippen LogP contribution in [0.3, 0.4) is 0 Å². The minimum absolute atomic E-state index is 0.0260. The zero-order valence-corrected chi connectivity index (χ0v) is 8.30. The van der Waals surface area contributed by atoms with Crippen molar-refractivity contribution in [3.63, 3.8) is 0 Å². The van der Waals surface area contributed by atoms with Gasteiger partial charge in [-0.2, -0.15) is 0 Å². The minimum Gasteiger partial charge on any atom is -0.508 e. The lowest BCUT2D eigenvalue weighted by Gasteiger charge is -2.07. The Balaban J connectivity index is 2.26. The fourth-order valence-corrected chi connectivity index (χ4v) is 1.82. The summed E-state index contributed by atoms with van der Waals surface area (Å²) < 4.78 is 5.10. The van der Waals surface area contributed by atoms with Crippen molar-refractivity contribution in [1.29, 1.82) is 0 Å². The number of aromatic hydroxyl groups is 1. The van der Waals surface area contributed by atoms with Crippen LogP contribution in [0.2, 0.25) is 0 Å². The summed E-state index contributed by atoms with van der Waals surface area (Å²) in [5, 5.41) is 18.1. The van der Waals surface area contributed by atoms with Crippen molar-refractivity contribution in [2.75, 3.05) is 7.11 Å². The number of hydrogen-bond acceptors (Lipinski definition) is 3. The Hall–Kier alpha value is -1.71. The second-order valence-corrected chi connectivity index (χ2v) is 3.71. The van der Waals surface area contributed by atoms with Gasteiger partial charge >= 0.3 is 5.97 Å². The van der Waals surface area contributed by atoms with Gasteiger partial charge in [0.2, 0.25) is 0 Å². The first kappa shape index (κ1) is 9.83. The molecule has 2 unspecified atom stereocenters. The van der Waals surface area contributed by atoms with Crippen molar-refractivity contribution >= 4 is 5.97 Å². The van der Waals surface area contributed by atoms with Crippen molar-refractivity contribution in [3.8, 4) is 11.5 Å². The maximum Gasteiger partial charge on any atom is 0.307 e. The number of carbonyl (C=O) groups is 1. The number of rotatable bonds is 3. The van der Waals surface area contributed by atoms with Crippen LogP contribution in [-0.2, 0) is 4.79 Å². The van der Waals surface area contributed by atoms with Gasteiger partial charge in [-0.25, -0.2) is 0 Å². The van der Waals surface area contributed by atoms with Crippen LogP contribution < -0.4 is 4.74 Å². The van der Waals surface area contributed by atoms with Crippen LogP contribution in [0.25, 0.3) is 0 Å². The highest BCUT2D eigenvalue weighted by molar-refractivity contribution is 5.75. The smallest absolute Gasteiger partial charge is 0.307 e. The molecule has 0 saturated heterocycles. The number of hydrogen-bond donors (Lipinski definition) is 2. The van der Waals surface area contributed by atoms with Gasteiger partial charge in [-0.3, -0.25) is 4.79 Å². The molecule has 0 heterocycles. The largest absolute Gasteiger partial charge is 0.508 e. The molecule has 1 aromatic rings. The highest BCUT2D eigenvalue weighted by Gasteiger charge is 2.45. The standard InChI is InChI=1S/C11H12O4/c1-15-10-4-6(12)2-3-7(10)8-5-9(8)11(13)14/h2-4,8-9,12H,5H2,1H3,(H,13,14). The number of ether oxygens (including phenoxy) is 1. The molecule has 0 amide bonds.